The predicted molar refractivity (Wildman–Crippen MR) is 125 cm³/mol. The topological polar surface area (TPSA) is 79.6 Å². The molecule has 160 valence electrons. The van der Waals surface area contributed by atoms with Gasteiger partial charge in [0.25, 0.3) is 11.8 Å². The Balaban J connectivity index is 1.74. The first-order chi connectivity index (χ1) is 15.9. The first-order valence-electron chi connectivity index (χ1n) is 10.6. The molecule has 6 heteroatoms. The van der Waals surface area contributed by atoms with Crippen molar-refractivity contribution in [2.24, 2.45) is 0 Å². The van der Waals surface area contributed by atoms with Gasteiger partial charge in [-0.15, -0.1) is 0 Å². The minimum Gasteiger partial charge on any atom is -0.478 e. The smallest absolute Gasteiger partial charge is 0.351 e. The molecule has 5 aromatic rings. The Morgan fingerprint density at radius 1 is 0.727 bits per heavy atom. The van der Waals surface area contributed by atoms with Gasteiger partial charge in [-0.05, 0) is 42.0 Å². The molecule has 1 aromatic heterocycles. The van der Waals surface area contributed by atoms with E-state index in [-0.39, 0.29) is 11.1 Å². The number of amides is 2. The largest absolute Gasteiger partial charge is 0.478 e. The fraction of sp³-hybridized carbons (Fsp3) is 0.0741. The zero-order chi connectivity index (χ0) is 22.9. The summed E-state index contributed by atoms with van der Waals surface area (Å²) in [6, 6.07) is 25.6. The molecule has 33 heavy (non-hydrogen) atoms. The lowest BCUT2D eigenvalue weighted by atomic mass is 10.0. The molecule has 0 spiro atoms. The van der Waals surface area contributed by atoms with Crippen molar-refractivity contribution in [1.29, 1.82) is 0 Å². The number of aliphatic carboxylic acids is 1. The molecule has 1 atom stereocenters. The van der Waals surface area contributed by atoms with Crippen molar-refractivity contribution in [2.75, 3.05) is 0 Å². The van der Waals surface area contributed by atoms with Gasteiger partial charge in [0.05, 0.1) is 22.2 Å². The van der Waals surface area contributed by atoms with Crippen LogP contribution in [0.3, 0.4) is 0 Å². The monoisotopic (exact) mass is 434 g/mol. The highest BCUT2D eigenvalue weighted by Gasteiger charge is 2.53. The molecule has 0 aliphatic carbocycles. The Hall–Kier alpha value is -4.45. The van der Waals surface area contributed by atoms with Crippen LogP contribution in [0.2, 0.25) is 0 Å². The van der Waals surface area contributed by atoms with Crippen LogP contribution in [0, 0.1) is 0 Å². The Labute approximate surface area is 188 Å². The fourth-order valence-corrected chi connectivity index (χ4v) is 5.08. The van der Waals surface area contributed by atoms with Crippen LogP contribution in [-0.2, 0) is 10.5 Å². The zero-order valence-corrected chi connectivity index (χ0v) is 17.6. The van der Waals surface area contributed by atoms with Gasteiger partial charge in [0.2, 0.25) is 5.66 Å². The van der Waals surface area contributed by atoms with Crippen molar-refractivity contribution in [3.8, 4) is 0 Å². The van der Waals surface area contributed by atoms with Crippen LogP contribution >= 0.6 is 0 Å². The molecule has 0 saturated carbocycles. The Morgan fingerprint density at radius 3 is 1.97 bits per heavy atom. The maximum Gasteiger partial charge on any atom is 0.351 e. The Bertz CT molecular complexity index is 1630. The van der Waals surface area contributed by atoms with E-state index >= 15 is 0 Å². The van der Waals surface area contributed by atoms with Crippen LogP contribution in [-0.4, -0.2) is 32.4 Å². The Morgan fingerprint density at radius 2 is 1.30 bits per heavy atom. The molecular formula is C27H18N2O4. The van der Waals surface area contributed by atoms with Gasteiger partial charge in [0, 0.05) is 10.8 Å². The molecule has 1 N–H and O–H groups in total. The van der Waals surface area contributed by atoms with Crippen molar-refractivity contribution in [3.63, 3.8) is 0 Å². The highest BCUT2D eigenvalue weighted by Crippen LogP contribution is 2.41. The number of hydrogen-bond acceptors (Lipinski definition) is 3. The summed E-state index contributed by atoms with van der Waals surface area (Å²) in [5.41, 5.74) is -0.305. The number of para-hydroxylation sites is 1. The number of hydrogen-bond donors (Lipinski definition) is 1. The molecule has 0 bridgehead atoms. The van der Waals surface area contributed by atoms with E-state index in [0.29, 0.717) is 11.0 Å². The molecule has 1 aliphatic heterocycles. The molecule has 1 unspecified atom stereocenters. The van der Waals surface area contributed by atoms with Crippen molar-refractivity contribution in [1.82, 2.24) is 9.47 Å². The highest BCUT2D eigenvalue weighted by molar-refractivity contribution is 6.24. The third-order valence-electron chi connectivity index (χ3n) is 6.63. The number of aromatic nitrogens is 1. The van der Waals surface area contributed by atoms with Gasteiger partial charge < -0.3 is 9.67 Å². The average Bonchev–Trinajstić information content (AvgIpc) is 3.31. The lowest BCUT2D eigenvalue weighted by molar-refractivity contribution is -0.152. The first kappa shape index (κ1) is 19.3. The zero-order valence-electron chi connectivity index (χ0n) is 17.6. The minimum atomic E-state index is -1.99. The van der Waals surface area contributed by atoms with Gasteiger partial charge >= 0.3 is 5.97 Å². The predicted octanol–water partition coefficient (Wildman–Crippen LogP) is 5.00. The normalized spacial score (nSPS) is 15.4. The van der Waals surface area contributed by atoms with Gasteiger partial charge in [-0.25, -0.2) is 9.69 Å². The van der Waals surface area contributed by atoms with Crippen LogP contribution in [0.1, 0.15) is 27.6 Å². The first-order valence-corrected chi connectivity index (χ1v) is 10.6. The second-order valence-corrected chi connectivity index (χ2v) is 8.35. The SMILES string of the molecule is CC(C(=O)O)(N1C(=O)c2ccccc2C1=O)n1c2ccccc2c2c3ccccc3ccc21. The number of carboxylic acid groups (broad SMARTS) is 1. The average molecular weight is 434 g/mol. The summed E-state index contributed by atoms with van der Waals surface area (Å²) in [5.74, 6) is -2.53. The number of imide groups is 1. The molecule has 4 aromatic carbocycles. The second-order valence-electron chi connectivity index (χ2n) is 8.35. The van der Waals surface area contributed by atoms with Crippen LogP contribution in [0.25, 0.3) is 32.6 Å². The summed E-state index contributed by atoms with van der Waals surface area (Å²) in [7, 11) is 0. The van der Waals surface area contributed by atoms with Crippen LogP contribution in [0.15, 0.2) is 84.9 Å². The van der Waals surface area contributed by atoms with E-state index in [9.17, 15) is 19.5 Å². The number of carboxylic acids is 1. The van der Waals surface area contributed by atoms with Crippen LogP contribution in [0.5, 0.6) is 0 Å². The third kappa shape index (κ3) is 2.35. The molecule has 2 amide bonds. The molecule has 0 saturated heterocycles. The maximum absolute atomic E-state index is 13.4. The third-order valence-corrected chi connectivity index (χ3v) is 6.63. The number of carbonyl (C=O) groups is 3. The van der Waals surface area contributed by atoms with Gasteiger partial charge in [0.15, 0.2) is 0 Å². The number of nitrogens with zero attached hydrogens (tertiary/aromatic N) is 2. The van der Waals surface area contributed by atoms with Crippen LogP contribution < -0.4 is 0 Å². The van der Waals surface area contributed by atoms with E-state index in [1.807, 2.05) is 60.7 Å². The number of carbonyl (C=O) groups excluding carboxylic acids is 2. The highest BCUT2D eigenvalue weighted by atomic mass is 16.4. The van der Waals surface area contributed by atoms with Crippen molar-refractivity contribution in [3.05, 3.63) is 96.1 Å². The van der Waals surface area contributed by atoms with Crippen LogP contribution in [0.4, 0.5) is 0 Å². The molecular weight excluding hydrogens is 416 g/mol. The quantitative estimate of drug-likeness (QED) is 0.405. The molecule has 2 heterocycles. The van der Waals surface area contributed by atoms with Crippen molar-refractivity contribution in [2.45, 2.75) is 12.6 Å². The van der Waals surface area contributed by atoms with Gasteiger partial charge in [0.1, 0.15) is 0 Å². The number of benzene rings is 4. The molecule has 0 radical (unpaired) electrons. The standard InChI is InChI=1S/C27H18N2O4/c1-27(26(32)33,29-24(30)18-10-4-5-11-19(18)25(29)31)28-21-13-7-6-12-20(21)23-17-9-3-2-8-16(17)14-15-22(23)28/h2-15H,1H3,(H,32,33). The number of fused-ring (bicyclic) bond motifs is 6. The lowest BCUT2D eigenvalue weighted by Crippen LogP contribution is -2.56. The summed E-state index contributed by atoms with van der Waals surface area (Å²) in [6.07, 6.45) is 0. The van der Waals surface area contributed by atoms with Crippen molar-refractivity contribution >= 4 is 50.4 Å². The lowest BCUT2D eigenvalue weighted by Gasteiger charge is -2.36. The second kappa shape index (κ2) is 6.53. The van der Waals surface area contributed by atoms with E-state index in [2.05, 4.69) is 0 Å². The fourth-order valence-electron chi connectivity index (χ4n) is 5.08. The van der Waals surface area contributed by atoms with E-state index < -0.39 is 23.4 Å². The summed E-state index contributed by atoms with van der Waals surface area (Å²) < 4.78 is 1.61. The van der Waals surface area contributed by atoms with E-state index in [0.717, 1.165) is 26.4 Å². The maximum atomic E-state index is 13.4. The van der Waals surface area contributed by atoms with Gasteiger partial charge in [-0.1, -0.05) is 60.7 Å². The summed E-state index contributed by atoms with van der Waals surface area (Å²) in [6.45, 7) is 1.41. The van der Waals surface area contributed by atoms with E-state index in [4.69, 9.17) is 0 Å². The summed E-state index contributed by atoms with van der Waals surface area (Å²) >= 11 is 0. The van der Waals surface area contributed by atoms with E-state index in [1.165, 1.54) is 6.92 Å². The Kier molecular flexibility index (Phi) is 3.81. The molecule has 6 rings (SSSR count). The summed E-state index contributed by atoms with van der Waals surface area (Å²) in [5, 5.41) is 14.3. The number of rotatable bonds is 3. The van der Waals surface area contributed by atoms with E-state index in [1.54, 1.807) is 28.8 Å². The van der Waals surface area contributed by atoms with Gasteiger partial charge in [-0.3, -0.25) is 9.59 Å². The van der Waals surface area contributed by atoms with Gasteiger partial charge in [-0.2, -0.15) is 0 Å². The molecule has 0 fully saturated rings. The minimum absolute atomic E-state index is 0.209. The molecule has 1 aliphatic rings. The molecule has 6 nitrogen and oxygen atoms in total. The summed E-state index contributed by atoms with van der Waals surface area (Å²) in [4.78, 5) is 40.5. The van der Waals surface area contributed by atoms with Crippen molar-refractivity contribution < 1.29 is 19.5 Å².